The van der Waals surface area contributed by atoms with Crippen molar-refractivity contribution >= 4 is 17.5 Å². The second kappa shape index (κ2) is 7.84. The number of fused-ring (bicyclic) bond motifs is 2. The highest BCUT2D eigenvalue weighted by Gasteiger charge is 2.51. The summed E-state index contributed by atoms with van der Waals surface area (Å²) >= 11 is 0. The first kappa shape index (κ1) is 19.4. The Morgan fingerprint density at radius 2 is 1.72 bits per heavy atom. The molecule has 0 bridgehead atoms. The van der Waals surface area contributed by atoms with E-state index in [9.17, 15) is 14.7 Å². The van der Waals surface area contributed by atoms with Crippen molar-refractivity contribution in [3.05, 3.63) is 76.9 Å². The summed E-state index contributed by atoms with van der Waals surface area (Å²) in [7, 11) is 0. The maximum absolute atomic E-state index is 13.5. The maximum Gasteiger partial charge on any atom is 0.345 e. The Labute approximate surface area is 170 Å². The number of aliphatic hydroxyl groups is 1. The normalized spacial score (nSPS) is 18.6. The van der Waals surface area contributed by atoms with Crippen LogP contribution in [-0.4, -0.2) is 41.5 Å². The second-order valence-corrected chi connectivity index (χ2v) is 7.66. The Hall–Kier alpha value is -2.92. The van der Waals surface area contributed by atoms with Crippen LogP contribution >= 0.6 is 0 Å². The SMILES string of the molecule is CCOC(=O)C1=C(O)c2ccccc2C2(CCN(Cc3ccccc3)CC2)C1=O. The van der Waals surface area contributed by atoms with Gasteiger partial charge in [0, 0.05) is 12.1 Å². The largest absolute Gasteiger partial charge is 0.506 e. The fourth-order valence-corrected chi connectivity index (χ4v) is 4.53. The van der Waals surface area contributed by atoms with E-state index in [0.29, 0.717) is 18.4 Å². The number of piperidine rings is 1. The summed E-state index contributed by atoms with van der Waals surface area (Å²) in [6.45, 7) is 4.16. The molecule has 150 valence electrons. The zero-order chi connectivity index (χ0) is 20.4. The van der Waals surface area contributed by atoms with Crippen molar-refractivity contribution in [3.63, 3.8) is 0 Å². The summed E-state index contributed by atoms with van der Waals surface area (Å²) in [6.07, 6.45) is 1.21. The molecule has 2 aromatic carbocycles. The molecule has 1 saturated heterocycles. The molecule has 5 nitrogen and oxygen atoms in total. The predicted molar refractivity (Wildman–Crippen MR) is 110 cm³/mol. The van der Waals surface area contributed by atoms with E-state index >= 15 is 0 Å². The first-order chi connectivity index (χ1) is 14.1. The third-order valence-corrected chi connectivity index (χ3v) is 6.03. The summed E-state index contributed by atoms with van der Waals surface area (Å²) in [6, 6.07) is 17.6. The molecule has 0 radical (unpaired) electrons. The van der Waals surface area contributed by atoms with Gasteiger partial charge in [0.15, 0.2) is 5.78 Å². The number of hydrogen-bond acceptors (Lipinski definition) is 5. The molecule has 0 amide bonds. The molecule has 2 aromatic rings. The number of nitrogens with zero attached hydrogens (tertiary/aromatic N) is 1. The molecular formula is C24H25NO4. The molecular weight excluding hydrogens is 366 g/mol. The molecule has 1 heterocycles. The van der Waals surface area contributed by atoms with Gasteiger partial charge in [-0.25, -0.2) is 4.79 Å². The van der Waals surface area contributed by atoms with Gasteiger partial charge in [-0.1, -0.05) is 54.6 Å². The number of likely N-dealkylation sites (tertiary alicyclic amines) is 1. The molecule has 1 N–H and O–H groups in total. The van der Waals surface area contributed by atoms with E-state index < -0.39 is 11.4 Å². The van der Waals surface area contributed by atoms with Crippen molar-refractivity contribution in [2.75, 3.05) is 19.7 Å². The fraction of sp³-hybridized carbons (Fsp3) is 0.333. The lowest BCUT2D eigenvalue weighted by Crippen LogP contribution is -2.50. The van der Waals surface area contributed by atoms with Crippen molar-refractivity contribution in [1.82, 2.24) is 4.90 Å². The van der Waals surface area contributed by atoms with E-state index in [1.165, 1.54) is 5.56 Å². The Balaban J connectivity index is 1.65. The van der Waals surface area contributed by atoms with Gasteiger partial charge in [-0.05, 0) is 44.0 Å². The lowest BCUT2D eigenvalue weighted by Gasteiger charge is -2.44. The zero-order valence-electron chi connectivity index (χ0n) is 16.6. The summed E-state index contributed by atoms with van der Waals surface area (Å²) in [5.74, 6) is -1.32. The lowest BCUT2D eigenvalue weighted by atomic mass is 9.63. The lowest BCUT2D eigenvalue weighted by molar-refractivity contribution is -0.141. The van der Waals surface area contributed by atoms with E-state index in [0.717, 1.165) is 25.2 Å². The number of ketones is 1. The smallest absolute Gasteiger partial charge is 0.345 e. The summed E-state index contributed by atoms with van der Waals surface area (Å²) in [5, 5.41) is 10.7. The Morgan fingerprint density at radius 1 is 1.07 bits per heavy atom. The molecule has 0 unspecified atom stereocenters. The topological polar surface area (TPSA) is 66.8 Å². The number of Topliss-reactive ketones (excluding diaryl/α,β-unsaturated/α-hetero) is 1. The van der Waals surface area contributed by atoms with Crippen LogP contribution in [0.4, 0.5) is 0 Å². The van der Waals surface area contributed by atoms with Crippen LogP contribution < -0.4 is 0 Å². The average molecular weight is 391 g/mol. The first-order valence-electron chi connectivity index (χ1n) is 10.1. The van der Waals surface area contributed by atoms with Crippen LogP contribution in [0.3, 0.4) is 0 Å². The van der Waals surface area contributed by atoms with Gasteiger partial charge in [0.2, 0.25) is 0 Å². The molecule has 5 heteroatoms. The molecule has 0 atom stereocenters. The molecule has 4 rings (SSSR count). The standard InChI is InChI=1S/C24H25NO4/c1-2-29-23(28)20-21(26)18-10-6-7-11-19(18)24(22(20)27)12-14-25(15-13-24)16-17-8-4-3-5-9-17/h3-11,26H,2,12-16H2,1H3. The average Bonchev–Trinajstić information content (AvgIpc) is 2.75. The number of ether oxygens (including phenoxy) is 1. The first-order valence-corrected chi connectivity index (χ1v) is 10.1. The maximum atomic E-state index is 13.5. The quantitative estimate of drug-likeness (QED) is 0.637. The molecule has 0 aromatic heterocycles. The van der Waals surface area contributed by atoms with Gasteiger partial charge in [-0.3, -0.25) is 9.69 Å². The number of rotatable bonds is 4. The number of carbonyl (C=O) groups excluding carboxylic acids is 2. The van der Waals surface area contributed by atoms with Crippen molar-refractivity contribution in [2.45, 2.75) is 31.7 Å². The van der Waals surface area contributed by atoms with Crippen molar-refractivity contribution in [3.8, 4) is 0 Å². The van der Waals surface area contributed by atoms with Crippen molar-refractivity contribution in [2.24, 2.45) is 0 Å². The fourth-order valence-electron chi connectivity index (χ4n) is 4.53. The number of aliphatic hydroxyl groups excluding tert-OH is 1. The van der Waals surface area contributed by atoms with Gasteiger partial charge < -0.3 is 9.84 Å². The van der Waals surface area contributed by atoms with Crippen molar-refractivity contribution in [1.29, 1.82) is 0 Å². The summed E-state index contributed by atoms with van der Waals surface area (Å²) in [4.78, 5) is 28.3. The van der Waals surface area contributed by atoms with E-state index in [-0.39, 0.29) is 23.7 Å². The summed E-state index contributed by atoms with van der Waals surface area (Å²) < 4.78 is 5.08. The summed E-state index contributed by atoms with van der Waals surface area (Å²) in [5.41, 5.74) is 1.62. The van der Waals surface area contributed by atoms with Gasteiger partial charge in [-0.15, -0.1) is 0 Å². The van der Waals surface area contributed by atoms with E-state index in [1.807, 2.05) is 36.4 Å². The highest BCUT2D eigenvalue weighted by molar-refractivity contribution is 6.27. The minimum atomic E-state index is -0.794. The molecule has 1 spiro atoms. The highest BCUT2D eigenvalue weighted by Crippen LogP contribution is 2.46. The van der Waals surface area contributed by atoms with Crippen LogP contribution in [0.25, 0.3) is 5.76 Å². The van der Waals surface area contributed by atoms with E-state index in [2.05, 4.69) is 17.0 Å². The predicted octanol–water partition coefficient (Wildman–Crippen LogP) is 3.64. The number of carbonyl (C=O) groups is 2. The van der Waals surface area contributed by atoms with Gasteiger partial charge in [0.1, 0.15) is 11.3 Å². The molecule has 1 fully saturated rings. The Bertz CT molecular complexity index is 956. The third-order valence-electron chi connectivity index (χ3n) is 6.03. The van der Waals surface area contributed by atoms with E-state index in [4.69, 9.17) is 4.74 Å². The minimum Gasteiger partial charge on any atom is -0.506 e. The van der Waals surface area contributed by atoms with Gasteiger partial charge in [-0.2, -0.15) is 0 Å². The van der Waals surface area contributed by atoms with Crippen LogP contribution in [0, 0.1) is 0 Å². The number of hydrogen-bond donors (Lipinski definition) is 1. The molecule has 1 aliphatic carbocycles. The van der Waals surface area contributed by atoms with Gasteiger partial charge >= 0.3 is 5.97 Å². The second-order valence-electron chi connectivity index (χ2n) is 7.66. The van der Waals surface area contributed by atoms with Crippen molar-refractivity contribution < 1.29 is 19.4 Å². The Kier molecular flexibility index (Phi) is 5.24. The zero-order valence-corrected chi connectivity index (χ0v) is 16.6. The Morgan fingerprint density at radius 3 is 2.41 bits per heavy atom. The van der Waals surface area contributed by atoms with Crippen LogP contribution in [0.2, 0.25) is 0 Å². The molecule has 0 saturated carbocycles. The van der Waals surface area contributed by atoms with Gasteiger partial charge in [0.25, 0.3) is 0 Å². The third kappa shape index (κ3) is 3.36. The highest BCUT2D eigenvalue weighted by atomic mass is 16.5. The van der Waals surface area contributed by atoms with Crippen LogP contribution in [0.5, 0.6) is 0 Å². The minimum absolute atomic E-state index is 0.155. The number of benzene rings is 2. The van der Waals surface area contributed by atoms with E-state index in [1.54, 1.807) is 13.0 Å². The van der Waals surface area contributed by atoms with Crippen LogP contribution in [0.1, 0.15) is 36.5 Å². The van der Waals surface area contributed by atoms with Crippen LogP contribution in [0.15, 0.2) is 60.2 Å². The van der Waals surface area contributed by atoms with Crippen LogP contribution in [-0.2, 0) is 26.3 Å². The molecule has 1 aliphatic heterocycles. The monoisotopic (exact) mass is 391 g/mol. The number of esters is 1. The molecule has 2 aliphatic rings. The van der Waals surface area contributed by atoms with Gasteiger partial charge in [0.05, 0.1) is 12.0 Å². The molecule has 29 heavy (non-hydrogen) atoms.